The van der Waals surface area contributed by atoms with Crippen LogP contribution < -0.4 is 5.32 Å². The number of unbranched alkanes of at least 4 members (excludes halogenated alkanes) is 6. The average Bonchev–Trinajstić information content (AvgIpc) is 3.23. The summed E-state index contributed by atoms with van der Waals surface area (Å²) >= 11 is 0. The first-order valence-electron chi connectivity index (χ1n) is 15.2. The van der Waals surface area contributed by atoms with Gasteiger partial charge in [-0.05, 0) is 49.8 Å². The Kier molecular flexibility index (Phi) is 14.9. The summed E-state index contributed by atoms with van der Waals surface area (Å²) in [5.41, 5.74) is 4.46. The number of aryl methyl sites for hydroxylation is 1. The third-order valence-electron chi connectivity index (χ3n) is 7.80. The van der Waals surface area contributed by atoms with Gasteiger partial charge in [0.1, 0.15) is 0 Å². The molecule has 0 aliphatic heterocycles. The van der Waals surface area contributed by atoms with E-state index in [0.717, 1.165) is 41.5 Å². The lowest BCUT2D eigenvalue weighted by molar-refractivity contribution is -0.137. The van der Waals surface area contributed by atoms with Gasteiger partial charge in [0.2, 0.25) is 0 Å². The first kappa shape index (κ1) is 31.7. The minimum absolute atomic E-state index is 0.0373. The van der Waals surface area contributed by atoms with E-state index in [-0.39, 0.29) is 12.2 Å². The summed E-state index contributed by atoms with van der Waals surface area (Å²) in [4.78, 5) is 24.4. The van der Waals surface area contributed by atoms with Gasteiger partial charge in [-0.15, -0.1) is 0 Å². The number of carbonyl (C=O) groups is 2. The molecule has 5 nitrogen and oxygen atoms in total. The molecule has 2 N–H and O–H groups in total. The number of nitrogens with zero attached hydrogens (tertiary/aromatic N) is 1. The minimum Gasteiger partial charge on any atom is -0.481 e. The third-order valence-corrected chi connectivity index (χ3v) is 7.80. The molecule has 38 heavy (non-hydrogen) atoms. The van der Waals surface area contributed by atoms with Crippen molar-refractivity contribution in [2.24, 2.45) is 13.0 Å². The standard InChI is InChI=1S/C33H52N2O3/c1-5-8-10-12-16-26(17-13-11-9-6-2)22-23-34-28-19-14-18-27(24-28)33(38)30-25-29(20-15-21-32(36)37)35(4)31(30)7-3/h14,18-19,24-26,34H,5-13,15-17,20-23H2,1-4H3,(H,36,37). The average molecular weight is 525 g/mol. The van der Waals surface area contributed by atoms with E-state index in [0.29, 0.717) is 18.4 Å². The van der Waals surface area contributed by atoms with E-state index >= 15 is 0 Å². The van der Waals surface area contributed by atoms with E-state index in [2.05, 4.69) is 36.7 Å². The Morgan fingerprint density at radius 2 is 1.58 bits per heavy atom. The predicted molar refractivity (Wildman–Crippen MR) is 159 cm³/mol. The number of ketones is 1. The van der Waals surface area contributed by atoms with Crippen LogP contribution in [0.3, 0.4) is 0 Å². The Hall–Kier alpha value is -2.56. The Morgan fingerprint density at radius 3 is 2.18 bits per heavy atom. The molecule has 1 heterocycles. The number of carboxylic acid groups (broad SMARTS) is 1. The van der Waals surface area contributed by atoms with Crippen molar-refractivity contribution in [2.75, 3.05) is 11.9 Å². The molecule has 0 aliphatic rings. The van der Waals surface area contributed by atoms with Crippen molar-refractivity contribution in [3.8, 4) is 0 Å². The topological polar surface area (TPSA) is 71.3 Å². The zero-order valence-electron chi connectivity index (χ0n) is 24.5. The number of carbonyl (C=O) groups excluding carboxylic acids is 1. The van der Waals surface area contributed by atoms with Crippen molar-refractivity contribution in [1.82, 2.24) is 4.57 Å². The van der Waals surface area contributed by atoms with Crippen LogP contribution in [0, 0.1) is 5.92 Å². The zero-order chi connectivity index (χ0) is 27.8. The Morgan fingerprint density at radius 1 is 0.895 bits per heavy atom. The second-order valence-electron chi connectivity index (χ2n) is 10.8. The molecule has 1 aromatic carbocycles. The molecule has 0 radical (unpaired) electrons. The molecule has 0 amide bonds. The molecular formula is C33H52N2O3. The van der Waals surface area contributed by atoms with Crippen LogP contribution in [0.5, 0.6) is 0 Å². The lowest BCUT2D eigenvalue weighted by Gasteiger charge is -2.18. The lowest BCUT2D eigenvalue weighted by Crippen LogP contribution is -2.11. The smallest absolute Gasteiger partial charge is 0.303 e. The number of aromatic nitrogens is 1. The third kappa shape index (κ3) is 10.7. The fraction of sp³-hybridized carbons (Fsp3) is 0.636. The monoisotopic (exact) mass is 524 g/mol. The first-order valence-corrected chi connectivity index (χ1v) is 15.2. The molecular weight excluding hydrogens is 472 g/mol. The minimum atomic E-state index is -0.783. The van der Waals surface area contributed by atoms with Crippen LogP contribution in [0.25, 0.3) is 0 Å². The highest BCUT2D eigenvalue weighted by Crippen LogP contribution is 2.24. The summed E-state index contributed by atoms with van der Waals surface area (Å²) in [6.45, 7) is 7.54. The molecule has 212 valence electrons. The van der Waals surface area contributed by atoms with Gasteiger partial charge in [-0.1, -0.05) is 97.1 Å². The summed E-state index contributed by atoms with van der Waals surface area (Å²) in [5, 5.41) is 12.6. The van der Waals surface area contributed by atoms with Crippen molar-refractivity contribution in [1.29, 1.82) is 0 Å². The van der Waals surface area contributed by atoms with Crippen molar-refractivity contribution >= 4 is 17.4 Å². The fourth-order valence-electron chi connectivity index (χ4n) is 5.48. The molecule has 0 unspecified atom stereocenters. The molecule has 0 fully saturated rings. The maximum absolute atomic E-state index is 13.5. The number of nitrogens with one attached hydrogen (secondary N) is 1. The highest BCUT2D eigenvalue weighted by molar-refractivity contribution is 6.10. The number of hydrogen-bond acceptors (Lipinski definition) is 3. The quantitative estimate of drug-likeness (QED) is 0.127. The normalized spacial score (nSPS) is 11.3. The molecule has 1 aromatic heterocycles. The highest BCUT2D eigenvalue weighted by Gasteiger charge is 2.19. The van der Waals surface area contributed by atoms with E-state index < -0.39 is 5.97 Å². The number of hydrogen-bond donors (Lipinski definition) is 2. The molecule has 0 aliphatic carbocycles. The second-order valence-corrected chi connectivity index (χ2v) is 10.8. The molecule has 2 aromatic rings. The molecule has 2 rings (SSSR count). The van der Waals surface area contributed by atoms with Gasteiger partial charge in [0.15, 0.2) is 5.78 Å². The van der Waals surface area contributed by atoms with E-state index in [1.807, 2.05) is 31.3 Å². The van der Waals surface area contributed by atoms with Gasteiger partial charge in [-0.2, -0.15) is 0 Å². The number of carboxylic acids is 1. The van der Waals surface area contributed by atoms with Crippen LogP contribution in [0.15, 0.2) is 30.3 Å². The van der Waals surface area contributed by atoms with Crippen molar-refractivity contribution in [2.45, 2.75) is 117 Å². The SMILES string of the molecule is CCCCCCC(CCCCCC)CCNc1cccc(C(=O)c2cc(CCCC(=O)O)n(C)c2CC)c1. The van der Waals surface area contributed by atoms with Crippen LogP contribution in [-0.2, 0) is 24.7 Å². The summed E-state index contributed by atoms with van der Waals surface area (Å²) < 4.78 is 2.07. The van der Waals surface area contributed by atoms with Gasteiger partial charge in [-0.3, -0.25) is 9.59 Å². The van der Waals surface area contributed by atoms with Crippen molar-refractivity contribution in [3.63, 3.8) is 0 Å². The molecule has 0 atom stereocenters. The summed E-state index contributed by atoms with van der Waals surface area (Å²) in [7, 11) is 1.98. The number of rotatable bonds is 21. The van der Waals surface area contributed by atoms with Gasteiger partial charge >= 0.3 is 5.97 Å². The predicted octanol–water partition coefficient (Wildman–Crippen LogP) is 8.58. The zero-order valence-corrected chi connectivity index (χ0v) is 24.5. The van der Waals surface area contributed by atoms with Gasteiger partial charge in [-0.25, -0.2) is 0 Å². The molecule has 0 saturated heterocycles. The summed E-state index contributed by atoms with van der Waals surface area (Å²) in [6, 6.07) is 9.86. The van der Waals surface area contributed by atoms with Crippen LogP contribution in [-0.4, -0.2) is 28.0 Å². The molecule has 0 spiro atoms. The van der Waals surface area contributed by atoms with E-state index in [4.69, 9.17) is 5.11 Å². The number of benzene rings is 1. The van der Waals surface area contributed by atoms with Gasteiger partial charge in [0.05, 0.1) is 0 Å². The Bertz CT molecular complexity index is 967. The summed E-state index contributed by atoms with van der Waals surface area (Å²) in [5.74, 6) is 0.0298. The van der Waals surface area contributed by atoms with Gasteiger partial charge in [0.25, 0.3) is 0 Å². The maximum Gasteiger partial charge on any atom is 0.303 e. The van der Waals surface area contributed by atoms with Gasteiger partial charge < -0.3 is 15.0 Å². The first-order chi connectivity index (χ1) is 18.4. The van der Waals surface area contributed by atoms with Crippen LogP contribution in [0.4, 0.5) is 5.69 Å². The number of anilines is 1. The van der Waals surface area contributed by atoms with E-state index in [9.17, 15) is 9.59 Å². The van der Waals surface area contributed by atoms with Crippen LogP contribution in [0.1, 0.15) is 132 Å². The van der Waals surface area contributed by atoms with Crippen LogP contribution >= 0.6 is 0 Å². The van der Waals surface area contributed by atoms with Crippen LogP contribution in [0.2, 0.25) is 0 Å². The largest absolute Gasteiger partial charge is 0.481 e. The molecule has 0 saturated carbocycles. The lowest BCUT2D eigenvalue weighted by atomic mass is 9.91. The number of aliphatic carboxylic acids is 1. The van der Waals surface area contributed by atoms with E-state index in [1.165, 1.54) is 70.6 Å². The molecule has 5 heteroatoms. The maximum atomic E-state index is 13.5. The van der Waals surface area contributed by atoms with E-state index in [1.54, 1.807) is 0 Å². The van der Waals surface area contributed by atoms with Gasteiger partial charge in [0, 0.05) is 48.2 Å². The van der Waals surface area contributed by atoms with Crippen molar-refractivity contribution in [3.05, 3.63) is 52.8 Å². The Balaban J connectivity index is 2.01. The second kappa shape index (κ2) is 17.9. The highest BCUT2D eigenvalue weighted by atomic mass is 16.4. The van der Waals surface area contributed by atoms with Crippen molar-refractivity contribution < 1.29 is 14.7 Å². The Labute approximate surface area is 231 Å². The fourth-order valence-corrected chi connectivity index (χ4v) is 5.48. The summed E-state index contributed by atoms with van der Waals surface area (Å²) in [6.07, 6.45) is 16.6. The molecule has 0 bridgehead atoms.